The average Bonchev–Trinajstić information content (AvgIpc) is 2.71. The van der Waals surface area contributed by atoms with Gasteiger partial charge in [0.1, 0.15) is 19.3 Å². The highest BCUT2D eigenvalue weighted by molar-refractivity contribution is 7.92. The average molecular weight is 433 g/mol. The Labute approximate surface area is 178 Å². The fraction of sp³-hybridized carbons (Fsp3) is 0.409. The third kappa shape index (κ3) is 4.87. The molecule has 3 rings (SSSR count). The zero-order valence-corrected chi connectivity index (χ0v) is 18.5. The molecule has 1 N–H and O–H groups in total. The number of benzene rings is 2. The number of nitrogens with zero attached hydrogens (tertiary/aromatic N) is 1. The van der Waals surface area contributed by atoms with Crippen molar-refractivity contribution in [3.63, 3.8) is 0 Å². The Balaban J connectivity index is 1.85. The van der Waals surface area contributed by atoms with Gasteiger partial charge < -0.3 is 14.8 Å². The lowest BCUT2D eigenvalue weighted by molar-refractivity contribution is -0.122. The highest BCUT2D eigenvalue weighted by Gasteiger charge is 2.31. The summed E-state index contributed by atoms with van der Waals surface area (Å²) in [6.45, 7) is 6.39. The van der Waals surface area contributed by atoms with E-state index in [1.54, 1.807) is 25.1 Å². The number of hydrogen-bond acceptors (Lipinski definition) is 5. The third-order valence-corrected chi connectivity index (χ3v) is 6.31. The molecule has 0 aromatic heterocycles. The van der Waals surface area contributed by atoms with Crippen LogP contribution in [0.3, 0.4) is 0 Å². The van der Waals surface area contributed by atoms with Crippen LogP contribution in [0.15, 0.2) is 42.5 Å². The van der Waals surface area contributed by atoms with Crippen LogP contribution in [-0.4, -0.2) is 39.8 Å². The highest BCUT2D eigenvalue weighted by Crippen LogP contribution is 2.35. The lowest BCUT2D eigenvalue weighted by atomic mass is 10.0. The van der Waals surface area contributed by atoms with E-state index in [-0.39, 0.29) is 11.9 Å². The second kappa shape index (κ2) is 8.95. The van der Waals surface area contributed by atoms with E-state index in [0.29, 0.717) is 36.8 Å². The first-order valence-corrected chi connectivity index (χ1v) is 11.8. The van der Waals surface area contributed by atoms with E-state index in [4.69, 9.17) is 9.47 Å². The molecule has 1 aliphatic rings. The summed E-state index contributed by atoms with van der Waals surface area (Å²) in [5, 5.41) is 2.99. The predicted molar refractivity (Wildman–Crippen MR) is 117 cm³/mol. The molecule has 2 atom stereocenters. The molecule has 0 radical (unpaired) electrons. The molecule has 7 nitrogen and oxygen atoms in total. The van der Waals surface area contributed by atoms with Crippen LogP contribution in [0.1, 0.15) is 37.4 Å². The van der Waals surface area contributed by atoms with E-state index in [9.17, 15) is 13.2 Å². The highest BCUT2D eigenvalue weighted by atomic mass is 32.2. The SMILES string of the molecule is CC[C@@H](NC(=O)[C@@H](C)N(c1ccc2c(c1)OCCO2)S(C)(=O)=O)c1ccc(C)cc1. The van der Waals surface area contributed by atoms with Gasteiger partial charge in [-0.3, -0.25) is 9.10 Å². The van der Waals surface area contributed by atoms with E-state index < -0.39 is 16.1 Å². The first-order valence-electron chi connectivity index (χ1n) is 9.96. The van der Waals surface area contributed by atoms with Crippen molar-refractivity contribution in [3.05, 3.63) is 53.6 Å². The summed E-state index contributed by atoms with van der Waals surface area (Å²) >= 11 is 0. The van der Waals surface area contributed by atoms with Crippen LogP contribution >= 0.6 is 0 Å². The summed E-state index contributed by atoms with van der Waals surface area (Å²) in [6.07, 6.45) is 1.77. The smallest absolute Gasteiger partial charge is 0.244 e. The van der Waals surface area contributed by atoms with E-state index in [2.05, 4.69) is 5.32 Å². The molecule has 0 fully saturated rings. The number of amides is 1. The quantitative estimate of drug-likeness (QED) is 0.726. The largest absolute Gasteiger partial charge is 0.486 e. The number of ether oxygens (including phenoxy) is 2. The number of nitrogens with one attached hydrogen (secondary N) is 1. The van der Waals surface area contributed by atoms with Gasteiger partial charge in [0.2, 0.25) is 15.9 Å². The van der Waals surface area contributed by atoms with Gasteiger partial charge in [-0.15, -0.1) is 0 Å². The fourth-order valence-electron chi connectivity index (χ4n) is 3.49. The summed E-state index contributed by atoms with van der Waals surface area (Å²) < 4.78 is 37.4. The van der Waals surface area contributed by atoms with Crippen molar-refractivity contribution in [1.82, 2.24) is 5.32 Å². The number of sulfonamides is 1. The van der Waals surface area contributed by atoms with Crippen molar-refractivity contribution in [3.8, 4) is 11.5 Å². The van der Waals surface area contributed by atoms with Gasteiger partial charge in [-0.05, 0) is 38.0 Å². The Morgan fingerprint density at radius 1 is 1.10 bits per heavy atom. The number of carbonyl (C=O) groups excluding carboxylic acids is 1. The molecule has 1 amide bonds. The zero-order valence-electron chi connectivity index (χ0n) is 17.7. The van der Waals surface area contributed by atoms with Gasteiger partial charge >= 0.3 is 0 Å². The fourth-order valence-corrected chi connectivity index (χ4v) is 4.66. The maximum atomic E-state index is 13.0. The normalized spacial score (nSPS) is 15.2. The van der Waals surface area contributed by atoms with E-state index in [1.807, 2.05) is 38.1 Å². The van der Waals surface area contributed by atoms with Crippen molar-refractivity contribution >= 4 is 21.6 Å². The van der Waals surface area contributed by atoms with Crippen molar-refractivity contribution in [2.45, 2.75) is 39.3 Å². The number of aryl methyl sites for hydroxylation is 1. The molecule has 30 heavy (non-hydrogen) atoms. The maximum Gasteiger partial charge on any atom is 0.244 e. The molecule has 162 valence electrons. The molecule has 0 saturated heterocycles. The van der Waals surface area contributed by atoms with Crippen LogP contribution in [-0.2, 0) is 14.8 Å². The lowest BCUT2D eigenvalue weighted by Crippen LogP contribution is -2.48. The Kier molecular flexibility index (Phi) is 6.55. The molecular formula is C22H28N2O5S. The molecule has 1 heterocycles. The molecule has 8 heteroatoms. The van der Waals surface area contributed by atoms with Crippen LogP contribution in [0.25, 0.3) is 0 Å². The van der Waals surface area contributed by atoms with Crippen LogP contribution in [0, 0.1) is 6.92 Å². The first-order chi connectivity index (χ1) is 14.2. The number of fused-ring (bicyclic) bond motifs is 1. The Hall–Kier alpha value is -2.74. The molecule has 0 spiro atoms. The van der Waals surface area contributed by atoms with E-state index >= 15 is 0 Å². The van der Waals surface area contributed by atoms with Crippen LogP contribution in [0.4, 0.5) is 5.69 Å². The van der Waals surface area contributed by atoms with Crippen LogP contribution < -0.4 is 19.1 Å². The van der Waals surface area contributed by atoms with Gasteiger partial charge in [0.25, 0.3) is 0 Å². The van der Waals surface area contributed by atoms with Gasteiger partial charge in [-0.25, -0.2) is 8.42 Å². The number of anilines is 1. The number of carbonyl (C=O) groups is 1. The molecule has 0 saturated carbocycles. The molecule has 0 bridgehead atoms. The minimum atomic E-state index is -3.73. The molecular weight excluding hydrogens is 404 g/mol. The Bertz CT molecular complexity index is 1000. The van der Waals surface area contributed by atoms with Gasteiger partial charge in [-0.2, -0.15) is 0 Å². The van der Waals surface area contributed by atoms with Gasteiger partial charge in [0.15, 0.2) is 11.5 Å². The maximum absolute atomic E-state index is 13.0. The summed E-state index contributed by atoms with van der Waals surface area (Å²) in [4.78, 5) is 13.0. The number of rotatable bonds is 7. The lowest BCUT2D eigenvalue weighted by Gasteiger charge is -2.30. The predicted octanol–water partition coefficient (Wildman–Crippen LogP) is 3.19. The molecule has 1 aliphatic heterocycles. The molecule has 0 aliphatic carbocycles. The Morgan fingerprint density at radius 2 is 1.73 bits per heavy atom. The van der Waals surface area contributed by atoms with Crippen LogP contribution in [0.2, 0.25) is 0 Å². The second-order valence-electron chi connectivity index (χ2n) is 7.44. The van der Waals surface area contributed by atoms with Gasteiger partial charge in [0.05, 0.1) is 18.0 Å². The van der Waals surface area contributed by atoms with Crippen LogP contribution in [0.5, 0.6) is 11.5 Å². The minimum absolute atomic E-state index is 0.206. The summed E-state index contributed by atoms with van der Waals surface area (Å²) in [5.74, 6) is 0.648. The van der Waals surface area contributed by atoms with E-state index in [0.717, 1.165) is 21.7 Å². The standard InChI is InChI=1S/C22H28N2O5S/c1-5-19(17-8-6-15(2)7-9-17)23-22(25)16(3)24(30(4,26)27)18-10-11-20-21(14-18)29-13-12-28-20/h6-11,14,16,19H,5,12-13H2,1-4H3,(H,23,25)/t16-,19-/m1/s1. The minimum Gasteiger partial charge on any atom is -0.486 e. The molecule has 0 unspecified atom stereocenters. The second-order valence-corrected chi connectivity index (χ2v) is 9.30. The topological polar surface area (TPSA) is 84.9 Å². The summed E-state index contributed by atoms with van der Waals surface area (Å²) in [7, 11) is -3.73. The summed E-state index contributed by atoms with van der Waals surface area (Å²) in [6, 6.07) is 11.7. The Morgan fingerprint density at radius 3 is 2.33 bits per heavy atom. The number of hydrogen-bond donors (Lipinski definition) is 1. The zero-order chi connectivity index (χ0) is 21.9. The van der Waals surface area contributed by atoms with E-state index in [1.165, 1.54) is 0 Å². The third-order valence-electron chi connectivity index (χ3n) is 5.07. The van der Waals surface area contributed by atoms with Crippen molar-refractivity contribution < 1.29 is 22.7 Å². The molecule has 2 aromatic rings. The van der Waals surface area contributed by atoms with Gasteiger partial charge in [0, 0.05) is 6.07 Å². The van der Waals surface area contributed by atoms with Crippen molar-refractivity contribution in [2.75, 3.05) is 23.8 Å². The first kappa shape index (κ1) is 22.0. The van der Waals surface area contributed by atoms with Crippen molar-refractivity contribution in [1.29, 1.82) is 0 Å². The van der Waals surface area contributed by atoms with Crippen molar-refractivity contribution in [2.24, 2.45) is 0 Å². The monoisotopic (exact) mass is 432 g/mol. The molecule has 2 aromatic carbocycles. The van der Waals surface area contributed by atoms with Gasteiger partial charge in [-0.1, -0.05) is 36.8 Å². The summed E-state index contributed by atoms with van der Waals surface area (Å²) in [5.41, 5.74) is 2.47.